The summed E-state index contributed by atoms with van der Waals surface area (Å²) in [6.45, 7) is 4.62. The maximum atomic E-state index is 10.8. The molecule has 0 aliphatic heterocycles. The Hall–Kier alpha value is -3.15. The predicted molar refractivity (Wildman–Crippen MR) is 99.9 cm³/mol. The number of nitrogens with zero attached hydrogens (tertiary/aromatic N) is 2. The van der Waals surface area contributed by atoms with E-state index in [1.165, 1.54) is 6.07 Å². The quantitative estimate of drug-likeness (QED) is 0.353. The molecule has 3 rings (SSSR count). The molecule has 0 aliphatic carbocycles. The van der Waals surface area contributed by atoms with E-state index >= 15 is 0 Å². The van der Waals surface area contributed by atoms with Crippen LogP contribution in [0, 0.1) is 24.0 Å². The molecule has 6 heteroatoms. The summed E-state index contributed by atoms with van der Waals surface area (Å²) in [5.74, 6) is 1.38. The molecule has 0 radical (unpaired) electrons. The number of aromatic nitrogens is 1. The number of aryl methyl sites for hydroxylation is 2. The molecule has 6 nitrogen and oxygen atoms in total. The third-order valence-electron chi connectivity index (χ3n) is 4.00. The number of nitro benzene ring substituents is 1. The number of hydrogen-bond donors (Lipinski definition) is 0. The molecule has 0 amide bonds. The number of pyridine rings is 1. The summed E-state index contributed by atoms with van der Waals surface area (Å²) >= 11 is 0. The van der Waals surface area contributed by atoms with Crippen molar-refractivity contribution in [2.45, 2.75) is 20.3 Å². The molecule has 0 unspecified atom stereocenters. The second kappa shape index (κ2) is 7.82. The van der Waals surface area contributed by atoms with Crippen LogP contribution in [0.5, 0.6) is 11.5 Å². The highest BCUT2D eigenvalue weighted by Gasteiger charge is 2.10. The first-order chi connectivity index (χ1) is 12.5. The van der Waals surface area contributed by atoms with Gasteiger partial charge in [-0.15, -0.1) is 0 Å². The second-order valence-electron chi connectivity index (χ2n) is 6.04. The Morgan fingerprint density at radius 3 is 2.62 bits per heavy atom. The molecule has 0 spiro atoms. The summed E-state index contributed by atoms with van der Waals surface area (Å²) in [5.41, 5.74) is 2.49. The van der Waals surface area contributed by atoms with E-state index in [4.69, 9.17) is 9.47 Å². The van der Waals surface area contributed by atoms with Crippen LogP contribution in [-0.2, 0) is 0 Å². The van der Waals surface area contributed by atoms with E-state index in [1.54, 1.807) is 19.1 Å². The Morgan fingerprint density at radius 2 is 1.85 bits per heavy atom. The summed E-state index contributed by atoms with van der Waals surface area (Å²) < 4.78 is 11.5. The van der Waals surface area contributed by atoms with Crippen molar-refractivity contribution in [3.8, 4) is 11.5 Å². The zero-order valence-corrected chi connectivity index (χ0v) is 14.8. The smallest absolute Gasteiger partial charge is 0.272 e. The van der Waals surface area contributed by atoms with Crippen LogP contribution >= 0.6 is 0 Å². The van der Waals surface area contributed by atoms with Crippen molar-refractivity contribution < 1.29 is 14.4 Å². The third-order valence-corrected chi connectivity index (χ3v) is 4.00. The molecule has 26 heavy (non-hydrogen) atoms. The normalized spacial score (nSPS) is 10.7. The van der Waals surface area contributed by atoms with Gasteiger partial charge in [0.15, 0.2) is 0 Å². The summed E-state index contributed by atoms with van der Waals surface area (Å²) in [6.07, 6.45) is 0.693. The van der Waals surface area contributed by atoms with E-state index in [2.05, 4.69) is 4.98 Å². The van der Waals surface area contributed by atoms with E-state index in [1.807, 2.05) is 37.3 Å². The summed E-state index contributed by atoms with van der Waals surface area (Å²) in [5, 5.41) is 11.9. The second-order valence-corrected chi connectivity index (χ2v) is 6.04. The minimum Gasteiger partial charge on any atom is -0.493 e. The molecular weight excluding hydrogens is 332 g/mol. The molecule has 0 saturated heterocycles. The van der Waals surface area contributed by atoms with Gasteiger partial charge in [-0.3, -0.25) is 10.1 Å². The van der Waals surface area contributed by atoms with Crippen LogP contribution in [0.25, 0.3) is 10.9 Å². The third kappa shape index (κ3) is 4.08. The van der Waals surface area contributed by atoms with Gasteiger partial charge < -0.3 is 9.47 Å². The van der Waals surface area contributed by atoms with Gasteiger partial charge >= 0.3 is 0 Å². The number of para-hydroxylation sites is 1. The minimum atomic E-state index is -0.396. The van der Waals surface area contributed by atoms with Crippen molar-refractivity contribution in [2.75, 3.05) is 13.2 Å². The average Bonchev–Trinajstić information content (AvgIpc) is 2.61. The molecule has 2 aromatic carbocycles. The van der Waals surface area contributed by atoms with E-state index in [-0.39, 0.29) is 5.69 Å². The Bertz CT molecular complexity index is 940. The van der Waals surface area contributed by atoms with Crippen molar-refractivity contribution in [2.24, 2.45) is 0 Å². The topological polar surface area (TPSA) is 74.5 Å². The van der Waals surface area contributed by atoms with Gasteiger partial charge in [0.25, 0.3) is 5.69 Å². The fourth-order valence-corrected chi connectivity index (χ4v) is 2.69. The number of nitro groups is 1. The lowest BCUT2D eigenvalue weighted by molar-refractivity contribution is -0.385. The van der Waals surface area contributed by atoms with E-state index < -0.39 is 4.92 Å². The highest BCUT2D eigenvalue weighted by molar-refractivity contribution is 5.84. The van der Waals surface area contributed by atoms with Crippen LogP contribution in [0.2, 0.25) is 0 Å². The molecule has 0 bridgehead atoms. The van der Waals surface area contributed by atoms with Gasteiger partial charge in [0.05, 0.1) is 18.1 Å². The molecular formula is C20H20N2O4. The van der Waals surface area contributed by atoms with Gasteiger partial charge in [-0.1, -0.05) is 18.2 Å². The van der Waals surface area contributed by atoms with Crippen molar-refractivity contribution in [3.63, 3.8) is 0 Å². The Balaban J connectivity index is 1.53. The largest absolute Gasteiger partial charge is 0.493 e. The average molecular weight is 352 g/mol. The molecule has 3 aromatic rings. The summed E-state index contributed by atoms with van der Waals surface area (Å²) in [6, 6.07) is 14.6. The number of ether oxygens (including phenoxy) is 2. The van der Waals surface area contributed by atoms with Gasteiger partial charge in [0.1, 0.15) is 17.0 Å². The van der Waals surface area contributed by atoms with Crippen LogP contribution in [0.4, 0.5) is 5.69 Å². The van der Waals surface area contributed by atoms with Crippen LogP contribution in [0.15, 0.2) is 48.5 Å². The Labute approximate surface area is 151 Å². The number of benzene rings is 2. The molecule has 134 valence electrons. The number of rotatable bonds is 7. The first-order valence-electron chi connectivity index (χ1n) is 8.41. The van der Waals surface area contributed by atoms with Gasteiger partial charge in [0.2, 0.25) is 0 Å². The number of hydrogen-bond acceptors (Lipinski definition) is 5. The molecule has 0 N–H and O–H groups in total. The van der Waals surface area contributed by atoms with Gasteiger partial charge in [-0.2, -0.15) is 0 Å². The van der Waals surface area contributed by atoms with Crippen LogP contribution in [0.3, 0.4) is 0 Å². The molecule has 0 atom stereocenters. The lowest BCUT2D eigenvalue weighted by atomic mass is 10.2. The van der Waals surface area contributed by atoms with Crippen LogP contribution in [-0.4, -0.2) is 23.1 Å². The highest BCUT2D eigenvalue weighted by atomic mass is 16.6. The van der Waals surface area contributed by atoms with Gasteiger partial charge in [-0.05, 0) is 38.1 Å². The SMILES string of the molecule is Cc1ccc2cccc(OCCCOc3ccc([N+](=O)[O-])c(C)c3)c2n1. The first-order valence-corrected chi connectivity index (χ1v) is 8.41. The van der Waals surface area contributed by atoms with Gasteiger partial charge in [0, 0.05) is 29.1 Å². The zero-order valence-electron chi connectivity index (χ0n) is 14.8. The summed E-state index contributed by atoms with van der Waals surface area (Å²) in [7, 11) is 0. The van der Waals surface area contributed by atoms with Crippen LogP contribution in [0.1, 0.15) is 17.7 Å². The van der Waals surface area contributed by atoms with E-state index in [0.717, 1.165) is 22.3 Å². The highest BCUT2D eigenvalue weighted by Crippen LogP contribution is 2.25. The zero-order chi connectivity index (χ0) is 18.5. The fraction of sp³-hybridized carbons (Fsp3) is 0.250. The Morgan fingerprint density at radius 1 is 1.04 bits per heavy atom. The van der Waals surface area contributed by atoms with Crippen LogP contribution < -0.4 is 9.47 Å². The number of fused-ring (bicyclic) bond motifs is 1. The molecule has 1 aromatic heterocycles. The molecule has 0 fully saturated rings. The first kappa shape index (κ1) is 17.7. The summed E-state index contributed by atoms with van der Waals surface area (Å²) in [4.78, 5) is 15.0. The monoisotopic (exact) mass is 352 g/mol. The van der Waals surface area contributed by atoms with E-state index in [0.29, 0.717) is 30.9 Å². The van der Waals surface area contributed by atoms with Crippen molar-refractivity contribution in [1.82, 2.24) is 4.98 Å². The minimum absolute atomic E-state index is 0.0967. The lowest BCUT2D eigenvalue weighted by Crippen LogP contribution is -2.06. The van der Waals surface area contributed by atoms with Crippen molar-refractivity contribution in [3.05, 3.63) is 69.9 Å². The lowest BCUT2D eigenvalue weighted by Gasteiger charge is -2.10. The maximum absolute atomic E-state index is 10.8. The standard InChI is InChI=1S/C20H20N2O4/c1-14-13-17(9-10-18(14)22(23)24)25-11-4-12-26-19-6-3-5-16-8-7-15(2)21-20(16)19/h3,5-10,13H,4,11-12H2,1-2H3. The van der Waals surface area contributed by atoms with Crippen molar-refractivity contribution >= 4 is 16.6 Å². The van der Waals surface area contributed by atoms with Gasteiger partial charge in [-0.25, -0.2) is 4.98 Å². The van der Waals surface area contributed by atoms with Crippen molar-refractivity contribution in [1.29, 1.82) is 0 Å². The molecule has 1 heterocycles. The fourth-order valence-electron chi connectivity index (χ4n) is 2.69. The Kier molecular flexibility index (Phi) is 5.31. The maximum Gasteiger partial charge on any atom is 0.272 e. The molecule has 0 saturated carbocycles. The van der Waals surface area contributed by atoms with E-state index in [9.17, 15) is 10.1 Å². The molecule has 0 aliphatic rings. The predicted octanol–water partition coefficient (Wildman–Crippen LogP) is 4.61.